The van der Waals surface area contributed by atoms with Gasteiger partial charge >= 0.3 is 0 Å². The number of nitrogens with zero attached hydrogens (tertiary/aromatic N) is 1. The van der Waals surface area contributed by atoms with E-state index in [4.69, 9.17) is 9.47 Å². The Labute approximate surface area is 164 Å². The first-order valence-corrected chi connectivity index (χ1v) is 8.51. The number of pyridine rings is 1. The number of ether oxygens (including phenoxy) is 2. The molecule has 0 aliphatic rings. The second kappa shape index (κ2) is 10.5. The standard InChI is InChI=1S/C21H21FN2O2.ClH/c1-25-20-7-4-5-17(13-23-14-19-6-2-3-12-24-19)21(20)26-15-16-8-10-18(22)11-9-16;/h2-12,23H,13-15H2,1H3;1H. The summed E-state index contributed by atoms with van der Waals surface area (Å²) in [6.45, 7) is 1.88. The van der Waals surface area contributed by atoms with Gasteiger partial charge < -0.3 is 27.2 Å². The molecule has 0 aliphatic heterocycles. The third kappa shape index (κ3) is 5.94. The van der Waals surface area contributed by atoms with Gasteiger partial charge in [-0.05, 0) is 42.0 Å². The molecule has 0 bridgehead atoms. The second-order valence-corrected chi connectivity index (χ2v) is 5.88. The highest BCUT2D eigenvalue weighted by Gasteiger charge is 2.12. The Morgan fingerprint density at radius 2 is 1.78 bits per heavy atom. The zero-order chi connectivity index (χ0) is 18.2. The lowest BCUT2D eigenvalue weighted by Gasteiger charge is -2.14. The molecular weight excluding hydrogens is 367 g/mol. The Bertz CT molecular complexity index is 829. The van der Waals surface area contributed by atoms with Gasteiger partial charge in [-0.1, -0.05) is 24.3 Å². The third-order valence-electron chi connectivity index (χ3n) is 4.02. The van der Waals surface area contributed by atoms with Gasteiger partial charge in [-0.15, -0.1) is 0 Å². The smallest absolute Gasteiger partial charge is 0.170 e. The summed E-state index contributed by atoms with van der Waals surface area (Å²) in [5.41, 5.74) is 2.98. The zero-order valence-corrected chi connectivity index (χ0v) is 15.8. The van der Waals surface area contributed by atoms with Crippen molar-refractivity contribution in [3.05, 3.63) is 89.5 Å². The average molecular weight is 389 g/mol. The average Bonchev–Trinajstić information content (AvgIpc) is 2.69. The van der Waals surface area contributed by atoms with Crippen LogP contribution in [0.4, 0.5) is 4.39 Å². The summed E-state index contributed by atoms with van der Waals surface area (Å²) in [4.78, 5) is 4.33. The van der Waals surface area contributed by atoms with Gasteiger partial charge in [0.15, 0.2) is 11.5 Å². The lowest BCUT2D eigenvalue weighted by molar-refractivity contribution is -0.686. The summed E-state index contributed by atoms with van der Waals surface area (Å²) in [6.07, 6.45) is 1.80. The first kappa shape index (κ1) is 20.7. The molecule has 1 aromatic heterocycles. The minimum atomic E-state index is -0.254. The van der Waals surface area contributed by atoms with Crippen LogP contribution >= 0.6 is 0 Å². The number of nitrogens with two attached hydrogens (primary N) is 1. The maximum Gasteiger partial charge on any atom is 0.170 e. The highest BCUT2D eigenvalue weighted by Crippen LogP contribution is 2.31. The van der Waals surface area contributed by atoms with E-state index >= 15 is 0 Å². The predicted molar refractivity (Wildman–Crippen MR) is 97.3 cm³/mol. The number of rotatable bonds is 8. The van der Waals surface area contributed by atoms with E-state index in [9.17, 15) is 4.39 Å². The fraction of sp³-hybridized carbons (Fsp3) is 0.190. The predicted octanol–water partition coefficient (Wildman–Crippen LogP) is 0.0759. The summed E-state index contributed by atoms with van der Waals surface area (Å²) in [7, 11) is 1.63. The summed E-state index contributed by atoms with van der Waals surface area (Å²) in [6, 6.07) is 18.1. The van der Waals surface area contributed by atoms with Gasteiger partial charge in [-0.3, -0.25) is 4.98 Å². The second-order valence-electron chi connectivity index (χ2n) is 5.88. The van der Waals surface area contributed by atoms with Crippen LogP contribution in [0.25, 0.3) is 0 Å². The van der Waals surface area contributed by atoms with E-state index in [0.29, 0.717) is 12.4 Å². The molecule has 4 nitrogen and oxygen atoms in total. The van der Waals surface area contributed by atoms with Crippen molar-refractivity contribution in [2.45, 2.75) is 19.7 Å². The topological polar surface area (TPSA) is 48.0 Å². The van der Waals surface area contributed by atoms with E-state index in [2.05, 4.69) is 10.3 Å². The molecule has 27 heavy (non-hydrogen) atoms. The molecule has 3 rings (SSSR count). The molecule has 2 N–H and O–H groups in total. The molecule has 1 heterocycles. The number of benzene rings is 2. The SMILES string of the molecule is COc1cccc(C[NH2+]Cc2ccccn2)c1OCc1ccc(F)cc1.[Cl-]. The summed E-state index contributed by atoms with van der Waals surface area (Å²) in [5, 5.41) is 2.17. The van der Waals surface area contributed by atoms with Gasteiger partial charge in [-0.25, -0.2) is 4.39 Å². The van der Waals surface area contributed by atoms with Crippen molar-refractivity contribution in [1.82, 2.24) is 4.98 Å². The van der Waals surface area contributed by atoms with Crippen molar-refractivity contribution in [2.24, 2.45) is 0 Å². The molecule has 142 valence electrons. The van der Waals surface area contributed by atoms with E-state index in [1.807, 2.05) is 36.4 Å². The molecule has 0 fully saturated rings. The summed E-state index contributed by atoms with van der Waals surface area (Å²) in [5.74, 6) is 1.16. The van der Waals surface area contributed by atoms with Crippen LogP contribution in [0.15, 0.2) is 66.9 Å². The van der Waals surface area contributed by atoms with Gasteiger partial charge in [0, 0.05) is 6.20 Å². The van der Waals surface area contributed by atoms with Crippen molar-refractivity contribution in [2.75, 3.05) is 7.11 Å². The van der Waals surface area contributed by atoms with Crippen molar-refractivity contribution in [3.8, 4) is 11.5 Å². The van der Waals surface area contributed by atoms with E-state index in [0.717, 1.165) is 35.7 Å². The van der Waals surface area contributed by atoms with Gasteiger partial charge in [0.2, 0.25) is 0 Å². The minimum absolute atomic E-state index is 0. The lowest BCUT2D eigenvalue weighted by atomic mass is 10.1. The van der Waals surface area contributed by atoms with Gasteiger partial charge in [0.05, 0.1) is 18.4 Å². The molecular formula is C21H22ClFN2O2. The molecule has 0 radical (unpaired) electrons. The first-order valence-electron chi connectivity index (χ1n) is 8.51. The molecule has 0 aliphatic carbocycles. The largest absolute Gasteiger partial charge is 1.00 e. The van der Waals surface area contributed by atoms with Crippen LogP contribution in [0.3, 0.4) is 0 Å². The Kier molecular flexibility index (Phi) is 8.04. The van der Waals surface area contributed by atoms with Gasteiger partial charge in [0.25, 0.3) is 0 Å². The van der Waals surface area contributed by atoms with E-state index in [1.165, 1.54) is 12.1 Å². The van der Waals surface area contributed by atoms with Crippen LogP contribution in [-0.4, -0.2) is 12.1 Å². The normalized spacial score (nSPS) is 10.1. The van der Waals surface area contributed by atoms with Crippen molar-refractivity contribution >= 4 is 0 Å². The maximum absolute atomic E-state index is 13.0. The van der Waals surface area contributed by atoms with Crippen LogP contribution in [0.5, 0.6) is 11.5 Å². The monoisotopic (exact) mass is 388 g/mol. The Balaban J connectivity index is 0.00000261. The summed E-state index contributed by atoms with van der Waals surface area (Å²) < 4.78 is 24.5. The molecule has 2 aromatic carbocycles. The van der Waals surface area contributed by atoms with Gasteiger partial charge in [0.1, 0.15) is 25.5 Å². The number of hydrogen-bond donors (Lipinski definition) is 1. The number of halogens is 2. The summed E-state index contributed by atoms with van der Waals surface area (Å²) >= 11 is 0. The first-order chi connectivity index (χ1) is 12.8. The highest BCUT2D eigenvalue weighted by atomic mass is 35.5. The fourth-order valence-corrected chi connectivity index (χ4v) is 2.68. The van der Waals surface area contributed by atoms with E-state index < -0.39 is 0 Å². The van der Waals surface area contributed by atoms with E-state index in [1.54, 1.807) is 25.4 Å². The minimum Gasteiger partial charge on any atom is -1.00 e. The molecule has 0 spiro atoms. The molecule has 0 atom stereocenters. The highest BCUT2D eigenvalue weighted by molar-refractivity contribution is 5.46. The van der Waals surface area contributed by atoms with Crippen LogP contribution in [-0.2, 0) is 19.7 Å². The molecule has 0 saturated carbocycles. The Morgan fingerprint density at radius 3 is 2.48 bits per heavy atom. The number of aromatic nitrogens is 1. The third-order valence-corrected chi connectivity index (χ3v) is 4.02. The maximum atomic E-state index is 13.0. The quantitative estimate of drug-likeness (QED) is 0.594. The molecule has 0 amide bonds. The van der Waals surface area contributed by atoms with Crippen molar-refractivity contribution in [3.63, 3.8) is 0 Å². The number of methoxy groups -OCH3 is 1. The van der Waals surface area contributed by atoms with Crippen LogP contribution < -0.4 is 27.2 Å². The van der Waals surface area contributed by atoms with E-state index in [-0.39, 0.29) is 18.2 Å². The van der Waals surface area contributed by atoms with Crippen molar-refractivity contribution < 1.29 is 31.6 Å². The van der Waals surface area contributed by atoms with Crippen LogP contribution in [0.1, 0.15) is 16.8 Å². The molecule has 3 aromatic rings. The molecule has 0 unspecified atom stereocenters. The van der Waals surface area contributed by atoms with Crippen molar-refractivity contribution in [1.29, 1.82) is 0 Å². The van der Waals surface area contributed by atoms with Crippen LogP contribution in [0, 0.1) is 5.82 Å². The number of hydrogen-bond acceptors (Lipinski definition) is 3. The fourth-order valence-electron chi connectivity index (χ4n) is 2.68. The van der Waals surface area contributed by atoms with Gasteiger partial charge in [-0.2, -0.15) is 0 Å². The lowest BCUT2D eigenvalue weighted by Crippen LogP contribution is -3.00. The Hall–Kier alpha value is -2.63. The number of quaternary nitrogens is 1. The molecule has 6 heteroatoms. The Morgan fingerprint density at radius 1 is 0.963 bits per heavy atom. The number of para-hydroxylation sites is 1. The zero-order valence-electron chi connectivity index (χ0n) is 15.1. The van der Waals surface area contributed by atoms with Crippen LogP contribution in [0.2, 0.25) is 0 Å². The molecule has 0 saturated heterocycles.